The molecule has 0 heterocycles. The van der Waals surface area contributed by atoms with Gasteiger partial charge >= 0.3 is 0 Å². The van der Waals surface area contributed by atoms with Gasteiger partial charge in [-0.25, -0.2) is 0 Å². The van der Waals surface area contributed by atoms with Crippen LogP contribution in [0.25, 0.3) is 0 Å². The predicted molar refractivity (Wildman–Crippen MR) is 77.3 cm³/mol. The van der Waals surface area contributed by atoms with Gasteiger partial charge in [-0.05, 0) is 80.0 Å². The Morgan fingerprint density at radius 1 is 0.895 bits per heavy atom. The Morgan fingerprint density at radius 3 is 2.68 bits per heavy atom. The maximum atomic E-state index is 8.46. The highest BCUT2D eigenvalue weighted by Gasteiger charge is 2.85. The number of nitrogens with one attached hydrogen (secondary N) is 1. The largest absolute Gasteiger partial charge is 0.309 e. The molecule has 0 radical (unpaired) electrons. The van der Waals surface area contributed by atoms with Crippen molar-refractivity contribution in [1.82, 2.24) is 0 Å². The van der Waals surface area contributed by atoms with Crippen LogP contribution in [0.1, 0.15) is 71.1 Å². The lowest BCUT2D eigenvalue weighted by Gasteiger charge is -2.42. The molecular formula is C18H27N. The van der Waals surface area contributed by atoms with E-state index in [1.54, 1.807) is 12.8 Å². The van der Waals surface area contributed by atoms with Gasteiger partial charge < -0.3 is 5.41 Å². The summed E-state index contributed by atoms with van der Waals surface area (Å²) in [4.78, 5) is 0. The molecule has 0 amide bonds. The molecule has 5 rings (SSSR count). The first-order valence-corrected chi connectivity index (χ1v) is 8.74. The van der Waals surface area contributed by atoms with Crippen LogP contribution in [-0.4, -0.2) is 5.71 Å². The number of hydrogen-bond acceptors (Lipinski definition) is 1. The fourth-order valence-electron chi connectivity index (χ4n) is 8.26. The first kappa shape index (κ1) is 11.3. The van der Waals surface area contributed by atoms with Crippen molar-refractivity contribution in [3.8, 4) is 0 Å². The molecule has 2 spiro atoms. The number of hydrogen-bond donors (Lipinski definition) is 1. The van der Waals surface area contributed by atoms with E-state index in [-0.39, 0.29) is 0 Å². The zero-order chi connectivity index (χ0) is 12.9. The van der Waals surface area contributed by atoms with Crippen molar-refractivity contribution >= 4 is 5.71 Å². The van der Waals surface area contributed by atoms with E-state index < -0.39 is 0 Å². The van der Waals surface area contributed by atoms with Crippen molar-refractivity contribution in [2.45, 2.75) is 71.1 Å². The van der Waals surface area contributed by atoms with Crippen LogP contribution in [0.4, 0.5) is 0 Å². The van der Waals surface area contributed by atoms with E-state index in [1.165, 1.54) is 44.9 Å². The lowest BCUT2D eigenvalue weighted by molar-refractivity contribution is 0.101. The van der Waals surface area contributed by atoms with Crippen LogP contribution in [0, 0.1) is 39.4 Å². The average molecular weight is 257 g/mol. The summed E-state index contributed by atoms with van der Waals surface area (Å²) in [6.45, 7) is 2.46. The van der Waals surface area contributed by atoms with Crippen molar-refractivity contribution in [2.75, 3.05) is 0 Å². The van der Waals surface area contributed by atoms with Gasteiger partial charge in [-0.15, -0.1) is 0 Å². The third-order valence-corrected chi connectivity index (χ3v) is 8.77. The van der Waals surface area contributed by atoms with Crippen LogP contribution < -0.4 is 0 Å². The SMILES string of the molecule is CC12CCC3C45CCCCC4CCC35C1CCC2=N. The Hall–Kier alpha value is -0.330. The standard InChI is InChI=1S/C18H27N/c1-16-10-8-14-17-9-3-2-4-12(17)7-11-18(14,17)13(16)5-6-15(16)19/h12-14,19H,2-11H2,1H3. The van der Waals surface area contributed by atoms with Crippen molar-refractivity contribution in [3.05, 3.63) is 0 Å². The quantitative estimate of drug-likeness (QED) is 0.644. The summed E-state index contributed by atoms with van der Waals surface area (Å²) < 4.78 is 0. The molecule has 0 aromatic rings. The van der Waals surface area contributed by atoms with Gasteiger partial charge in [0.05, 0.1) is 0 Å². The maximum Gasteiger partial charge on any atom is 0.0151 e. The first-order chi connectivity index (χ1) is 9.16. The van der Waals surface area contributed by atoms with Crippen molar-refractivity contribution in [3.63, 3.8) is 0 Å². The van der Waals surface area contributed by atoms with Gasteiger partial charge in [-0.1, -0.05) is 19.8 Å². The monoisotopic (exact) mass is 257 g/mol. The van der Waals surface area contributed by atoms with Crippen molar-refractivity contribution in [1.29, 1.82) is 5.41 Å². The summed E-state index contributed by atoms with van der Waals surface area (Å²) in [5.74, 6) is 3.07. The van der Waals surface area contributed by atoms with E-state index in [1.807, 2.05) is 0 Å². The zero-order valence-electron chi connectivity index (χ0n) is 12.3. The Kier molecular flexibility index (Phi) is 1.86. The molecular weight excluding hydrogens is 230 g/mol. The third kappa shape index (κ3) is 0.948. The van der Waals surface area contributed by atoms with Crippen LogP contribution in [0.5, 0.6) is 0 Å². The summed E-state index contributed by atoms with van der Waals surface area (Å²) in [5, 5.41) is 8.46. The van der Waals surface area contributed by atoms with Crippen LogP contribution in [0.2, 0.25) is 0 Å². The molecule has 6 atom stereocenters. The fourth-order valence-corrected chi connectivity index (χ4v) is 8.26. The van der Waals surface area contributed by atoms with Gasteiger partial charge in [0.15, 0.2) is 0 Å². The lowest BCUT2D eigenvalue weighted by atomic mass is 9.62. The van der Waals surface area contributed by atoms with Crippen LogP contribution in [0.15, 0.2) is 0 Å². The van der Waals surface area contributed by atoms with E-state index in [0.717, 1.165) is 40.7 Å². The van der Waals surface area contributed by atoms with Gasteiger partial charge in [0.2, 0.25) is 0 Å². The summed E-state index contributed by atoms with van der Waals surface area (Å²) in [7, 11) is 0. The van der Waals surface area contributed by atoms with Gasteiger partial charge in [-0.2, -0.15) is 0 Å². The van der Waals surface area contributed by atoms with Gasteiger partial charge in [0.1, 0.15) is 0 Å². The fraction of sp³-hybridized carbons (Fsp3) is 0.944. The van der Waals surface area contributed by atoms with E-state index in [0.29, 0.717) is 5.41 Å². The maximum absolute atomic E-state index is 8.46. The molecule has 6 unspecified atom stereocenters. The molecule has 0 saturated heterocycles. The molecule has 1 nitrogen and oxygen atoms in total. The normalized spacial score (nSPS) is 62.2. The number of rotatable bonds is 0. The molecule has 1 heteroatoms. The van der Waals surface area contributed by atoms with E-state index in [2.05, 4.69) is 6.92 Å². The minimum atomic E-state index is 0.312. The minimum Gasteiger partial charge on any atom is -0.309 e. The van der Waals surface area contributed by atoms with E-state index in [4.69, 9.17) is 5.41 Å². The molecule has 0 aromatic carbocycles. The van der Waals surface area contributed by atoms with Gasteiger partial charge in [0.25, 0.3) is 0 Å². The second kappa shape index (κ2) is 3.12. The highest BCUT2D eigenvalue weighted by molar-refractivity contribution is 5.90. The Bertz CT molecular complexity index is 468. The van der Waals surface area contributed by atoms with Crippen LogP contribution >= 0.6 is 0 Å². The smallest absolute Gasteiger partial charge is 0.0151 e. The molecule has 5 fully saturated rings. The summed E-state index contributed by atoms with van der Waals surface area (Å²) >= 11 is 0. The average Bonchev–Trinajstić information content (AvgIpc) is 2.68. The molecule has 0 aliphatic heterocycles. The zero-order valence-corrected chi connectivity index (χ0v) is 12.3. The molecule has 104 valence electrons. The highest BCUT2D eigenvalue weighted by atomic mass is 14.9. The molecule has 5 aliphatic rings. The molecule has 0 bridgehead atoms. The Morgan fingerprint density at radius 2 is 1.79 bits per heavy atom. The summed E-state index contributed by atoms with van der Waals surface area (Å²) in [6, 6.07) is 0. The molecule has 1 N–H and O–H groups in total. The van der Waals surface area contributed by atoms with Crippen molar-refractivity contribution in [2.24, 2.45) is 34.0 Å². The highest BCUT2D eigenvalue weighted by Crippen LogP contribution is 2.91. The summed E-state index contributed by atoms with van der Waals surface area (Å²) in [5.41, 5.74) is 2.95. The molecule has 19 heavy (non-hydrogen) atoms. The predicted octanol–water partition coefficient (Wildman–Crippen LogP) is 4.80. The second-order valence-electron chi connectivity index (χ2n) is 8.64. The van der Waals surface area contributed by atoms with Gasteiger partial charge in [0, 0.05) is 11.1 Å². The molecule has 0 aromatic heterocycles. The second-order valence-corrected chi connectivity index (χ2v) is 8.64. The van der Waals surface area contributed by atoms with Crippen LogP contribution in [-0.2, 0) is 0 Å². The Balaban J connectivity index is 1.62. The molecule has 5 saturated carbocycles. The van der Waals surface area contributed by atoms with E-state index >= 15 is 0 Å². The summed E-state index contributed by atoms with van der Waals surface area (Å²) in [6.07, 6.45) is 14.5. The topological polar surface area (TPSA) is 23.9 Å². The molecule has 5 aliphatic carbocycles. The minimum absolute atomic E-state index is 0.312. The van der Waals surface area contributed by atoms with Crippen molar-refractivity contribution < 1.29 is 0 Å². The lowest BCUT2D eigenvalue weighted by Crippen LogP contribution is -2.38. The number of fused-ring (bicyclic) bond motifs is 1. The Labute approximate surface area is 117 Å². The van der Waals surface area contributed by atoms with Gasteiger partial charge in [-0.3, -0.25) is 0 Å². The third-order valence-electron chi connectivity index (χ3n) is 8.77. The first-order valence-electron chi connectivity index (χ1n) is 8.74. The van der Waals surface area contributed by atoms with E-state index in [9.17, 15) is 0 Å². The van der Waals surface area contributed by atoms with Crippen LogP contribution in [0.3, 0.4) is 0 Å².